The van der Waals surface area contributed by atoms with Crippen LogP contribution >= 0.6 is 0 Å². The van der Waals surface area contributed by atoms with Crippen molar-refractivity contribution in [2.75, 3.05) is 39.5 Å². The lowest BCUT2D eigenvalue weighted by atomic mass is 9.90. The fourth-order valence-corrected chi connectivity index (χ4v) is 2.76. The Balaban J connectivity index is 3.88. The van der Waals surface area contributed by atoms with E-state index >= 15 is 0 Å². The molecule has 0 aliphatic rings. The molecule has 0 saturated heterocycles. The van der Waals surface area contributed by atoms with Gasteiger partial charge in [-0.1, -0.05) is 27.7 Å². The summed E-state index contributed by atoms with van der Waals surface area (Å²) in [5.41, 5.74) is -0.215. The van der Waals surface area contributed by atoms with Gasteiger partial charge in [-0.2, -0.15) is 0 Å². The highest BCUT2D eigenvalue weighted by Gasteiger charge is 2.23. The molecule has 0 aliphatic heterocycles. The van der Waals surface area contributed by atoms with Gasteiger partial charge in [0, 0.05) is 50.8 Å². The molecule has 0 fully saturated rings. The fraction of sp³-hybridized carbons (Fsp3) is 0.833. The second kappa shape index (κ2) is 15.9. The number of hydrogen-bond acceptors (Lipinski definition) is 6. The van der Waals surface area contributed by atoms with Crippen LogP contribution in [0.3, 0.4) is 0 Å². The van der Waals surface area contributed by atoms with Gasteiger partial charge in [-0.05, 0) is 32.1 Å². The number of ether oxygens (including phenoxy) is 2. The minimum Gasteiger partial charge on any atom is -0.381 e. The Morgan fingerprint density at radius 2 is 1.12 bits per heavy atom. The molecule has 186 valence electrons. The van der Waals surface area contributed by atoms with Gasteiger partial charge < -0.3 is 29.7 Å². The van der Waals surface area contributed by atoms with E-state index in [-0.39, 0.29) is 59.9 Å². The Bertz CT molecular complexity index is 601. The van der Waals surface area contributed by atoms with Crippen molar-refractivity contribution in [1.82, 2.24) is 10.6 Å². The molecule has 8 heteroatoms. The first-order valence-corrected chi connectivity index (χ1v) is 11.5. The third-order valence-electron chi connectivity index (χ3n) is 4.80. The Hall–Kier alpha value is -1.80. The van der Waals surface area contributed by atoms with Crippen LogP contribution in [-0.2, 0) is 28.7 Å². The van der Waals surface area contributed by atoms with Crippen molar-refractivity contribution in [3.63, 3.8) is 0 Å². The Kier molecular flexibility index (Phi) is 15.0. The van der Waals surface area contributed by atoms with E-state index < -0.39 is 0 Å². The second-order valence-electron chi connectivity index (χ2n) is 10.1. The monoisotopic (exact) mass is 456 g/mol. The number of ketones is 2. The van der Waals surface area contributed by atoms with Crippen molar-refractivity contribution >= 4 is 23.4 Å². The van der Waals surface area contributed by atoms with Gasteiger partial charge in [-0.3, -0.25) is 9.59 Å². The van der Waals surface area contributed by atoms with Crippen molar-refractivity contribution in [2.45, 2.75) is 80.1 Å². The molecule has 32 heavy (non-hydrogen) atoms. The van der Waals surface area contributed by atoms with Crippen molar-refractivity contribution < 1.29 is 28.7 Å². The molecular formula is C24H44N2O6. The van der Waals surface area contributed by atoms with Crippen molar-refractivity contribution in [3.8, 4) is 0 Å². The standard InChI is InChI=1S/C24H44N2O6/c1-19(27)8-10-21(29)25-13-7-15-31-17-24(5,6)18-32-16-23(3,4)12-14-26-22(30)11-9-20(2)28/h7-18H2,1-6H3,(H,25,29)(H,26,30). The molecule has 0 spiro atoms. The van der Waals surface area contributed by atoms with Gasteiger partial charge >= 0.3 is 0 Å². The smallest absolute Gasteiger partial charge is 0.220 e. The maximum absolute atomic E-state index is 11.7. The lowest BCUT2D eigenvalue weighted by Crippen LogP contribution is -2.32. The number of rotatable bonds is 19. The van der Waals surface area contributed by atoms with Crippen LogP contribution in [-0.4, -0.2) is 62.9 Å². The van der Waals surface area contributed by atoms with E-state index in [0.29, 0.717) is 45.9 Å². The van der Waals surface area contributed by atoms with Crippen LogP contribution in [0.25, 0.3) is 0 Å². The van der Waals surface area contributed by atoms with E-state index in [4.69, 9.17) is 9.47 Å². The molecule has 0 atom stereocenters. The van der Waals surface area contributed by atoms with Gasteiger partial charge in [0.25, 0.3) is 0 Å². The molecule has 0 aromatic heterocycles. The Labute approximate surface area is 193 Å². The maximum Gasteiger partial charge on any atom is 0.220 e. The molecule has 2 N–H and O–H groups in total. The third kappa shape index (κ3) is 18.9. The lowest BCUT2D eigenvalue weighted by Gasteiger charge is -2.29. The zero-order chi connectivity index (χ0) is 24.6. The van der Waals surface area contributed by atoms with Crippen LogP contribution in [0, 0.1) is 10.8 Å². The van der Waals surface area contributed by atoms with Crippen molar-refractivity contribution in [2.24, 2.45) is 10.8 Å². The first-order valence-electron chi connectivity index (χ1n) is 11.5. The molecule has 0 unspecified atom stereocenters. The highest BCUT2D eigenvalue weighted by Crippen LogP contribution is 2.23. The predicted molar refractivity (Wildman–Crippen MR) is 124 cm³/mol. The fourth-order valence-electron chi connectivity index (χ4n) is 2.76. The average molecular weight is 457 g/mol. The van der Waals surface area contributed by atoms with Gasteiger partial charge in [0.05, 0.1) is 19.8 Å². The van der Waals surface area contributed by atoms with Crippen LogP contribution in [0.15, 0.2) is 0 Å². The summed E-state index contributed by atoms with van der Waals surface area (Å²) in [6.45, 7) is 14.7. The number of amides is 2. The summed E-state index contributed by atoms with van der Waals surface area (Å²) in [6.07, 6.45) is 2.55. The summed E-state index contributed by atoms with van der Waals surface area (Å²) >= 11 is 0. The summed E-state index contributed by atoms with van der Waals surface area (Å²) in [5.74, 6) is -0.157. The van der Waals surface area contributed by atoms with Crippen molar-refractivity contribution in [1.29, 1.82) is 0 Å². The summed E-state index contributed by atoms with van der Waals surface area (Å²) in [6, 6.07) is 0. The van der Waals surface area contributed by atoms with E-state index in [1.165, 1.54) is 13.8 Å². The van der Waals surface area contributed by atoms with E-state index in [1.807, 2.05) is 0 Å². The summed E-state index contributed by atoms with van der Waals surface area (Å²) < 4.78 is 11.7. The number of nitrogens with one attached hydrogen (secondary N) is 2. The predicted octanol–water partition coefficient (Wildman–Crippen LogP) is 2.82. The van der Waals surface area contributed by atoms with Gasteiger partial charge in [-0.15, -0.1) is 0 Å². The molecular weight excluding hydrogens is 412 g/mol. The molecule has 0 aliphatic carbocycles. The zero-order valence-corrected chi connectivity index (χ0v) is 20.9. The van der Waals surface area contributed by atoms with Gasteiger partial charge in [-0.25, -0.2) is 0 Å². The summed E-state index contributed by atoms with van der Waals surface area (Å²) in [5, 5.41) is 5.64. The molecule has 0 saturated carbocycles. The van der Waals surface area contributed by atoms with Crippen LogP contribution < -0.4 is 10.6 Å². The largest absolute Gasteiger partial charge is 0.381 e. The zero-order valence-electron chi connectivity index (χ0n) is 20.9. The SMILES string of the molecule is CC(=O)CCC(=O)NCCCOCC(C)(C)COCC(C)(C)CCNC(=O)CCC(C)=O. The molecule has 0 heterocycles. The van der Waals surface area contributed by atoms with Gasteiger partial charge in [0.2, 0.25) is 11.8 Å². The third-order valence-corrected chi connectivity index (χ3v) is 4.80. The number of hydrogen-bond donors (Lipinski definition) is 2. The van der Waals surface area contributed by atoms with Crippen LogP contribution in [0.2, 0.25) is 0 Å². The van der Waals surface area contributed by atoms with E-state index in [9.17, 15) is 19.2 Å². The summed E-state index contributed by atoms with van der Waals surface area (Å²) in [7, 11) is 0. The average Bonchev–Trinajstić information content (AvgIpc) is 2.66. The molecule has 0 rings (SSSR count). The molecule has 2 amide bonds. The summed E-state index contributed by atoms with van der Waals surface area (Å²) in [4.78, 5) is 45.0. The first kappa shape index (κ1) is 30.2. The highest BCUT2D eigenvalue weighted by atomic mass is 16.5. The normalized spacial score (nSPS) is 11.8. The number of carbonyl (C=O) groups is 4. The Morgan fingerprint density at radius 1 is 0.656 bits per heavy atom. The Morgan fingerprint density at radius 3 is 1.66 bits per heavy atom. The molecule has 0 radical (unpaired) electrons. The van der Waals surface area contributed by atoms with Gasteiger partial charge in [0.15, 0.2) is 0 Å². The molecule has 8 nitrogen and oxygen atoms in total. The lowest BCUT2D eigenvalue weighted by molar-refractivity contribution is -0.124. The molecule has 0 aromatic carbocycles. The van der Waals surface area contributed by atoms with Crippen LogP contribution in [0.1, 0.15) is 80.1 Å². The first-order chi connectivity index (χ1) is 14.8. The number of Topliss-reactive ketones (excluding diaryl/α,β-unsaturated/α-hetero) is 2. The maximum atomic E-state index is 11.7. The van der Waals surface area contributed by atoms with Crippen LogP contribution in [0.5, 0.6) is 0 Å². The number of carbonyl (C=O) groups excluding carboxylic acids is 4. The topological polar surface area (TPSA) is 111 Å². The molecule has 0 aromatic rings. The second-order valence-corrected chi connectivity index (χ2v) is 10.1. The minimum atomic E-state index is -0.137. The minimum absolute atomic E-state index is 0.0178. The quantitative estimate of drug-likeness (QED) is 0.289. The van der Waals surface area contributed by atoms with Crippen LogP contribution in [0.4, 0.5) is 0 Å². The van der Waals surface area contributed by atoms with E-state index in [0.717, 1.165) is 6.42 Å². The highest BCUT2D eigenvalue weighted by molar-refractivity contribution is 5.84. The molecule has 0 bridgehead atoms. The van der Waals surface area contributed by atoms with Gasteiger partial charge in [0.1, 0.15) is 11.6 Å². The van der Waals surface area contributed by atoms with E-state index in [1.54, 1.807) is 0 Å². The van der Waals surface area contributed by atoms with Crippen molar-refractivity contribution in [3.05, 3.63) is 0 Å². The van der Waals surface area contributed by atoms with E-state index in [2.05, 4.69) is 38.3 Å².